The first-order chi connectivity index (χ1) is 41.8. The number of nitrogens with one attached hydrogen (secondary N) is 4. The summed E-state index contributed by atoms with van der Waals surface area (Å²) >= 11 is 6.28. The highest BCUT2D eigenvalue weighted by molar-refractivity contribution is 7.90. The molecule has 4 fully saturated rings. The second-order valence-corrected chi connectivity index (χ2v) is 26.8. The van der Waals surface area contributed by atoms with Gasteiger partial charge in [-0.15, -0.1) is 0 Å². The van der Waals surface area contributed by atoms with Crippen LogP contribution in [-0.4, -0.2) is 150 Å². The van der Waals surface area contributed by atoms with Crippen molar-refractivity contribution in [3.05, 3.63) is 147 Å². The fourth-order valence-corrected chi connectivity index (χ4v) is 14.4. The molecule has 4 aromatic carbocycles. The molecule has 2 aliphatic carbocycles. The second kappa shape index (κ2) is 24.8. The summed E-state index contributed by atoms with van der Waals surface area (Å²) in [6, 6.07) is 25.2. The molecular formula is C64H71ClN11O10S-. The van der Waals surface area contributed by atoms with Crippen molar-refractivity contribution in [1.82, 2.24) is 39.6 Å². The van der Waals surface area contributed by atoms with Crippen molar-refractivity contribution in [2.45, 2.75) is 95.2 Å². The van der Waals surface area contributed by atoms with E-state index in [4.69, 9.17) is 16.3 Å². The number of hydrogen-bond acceptors (Lipinski definition) is 17. The number of benzene rings is 4. The van der Waals surface area contributed by atoms with Gasteiger partial charge in [-0.3, -0.25) is 54.1 Å². The Morgan fingerprint density at radius 2 is 1.56 bits per heavy atom. The van der Waals surface area contributed by atoms with Crippen molar-refractivity contribution in [2.75, 3.05) is 80.9 Å². The second-order valence-electron chi connectivity index (χ2n) is 24.6. The van der Waals surface area contributed by atoms with Gasteiger partial charge in [-0.1, -0.05) is 49.2 Å². The molecule has 21 nitrogen and oxygen atoms in total. The molecule has 6 aliphatic rings. The lowest BCUT2D eigenvalue weighted by Crippen LogP contribution is -2.54. The number of imide groups is 2. The average molecular weight is 1220 g/mol. The van der Waals surface area contributed by atoms with Crippen LogP contribution in [0.4, 0.5) is 17.1 Å². The van der Waals surface area contributed by atoms with Crippen molar-refractivity contribution in [2.24, 2.45) is 11.3 Å². The van der Waals surface area contributed by atoms with Gasteiger partial charge < -0.3 is 30.4 Å². The van der Waals surface area contributed by atoms with Gasteiger partial charge >= 0.3 is 0 Å². The van der Waals surface area contributed by atoms with Crippen LogP contribution in [0.3, 0.4) is 0 Å². The molecule has 1 saturated carbocycles. The van der Waals surface area contributed by atoms with E-state index in [1.165, 1.54) is 35.0 Å². The number of fused-ring (bicyclic) bond motifs is 2. The van der Waals surface area contributed by atoms with Crippen molar-refractivity contribution < 1.29 is 42.3 Å². The fraction of sp³-hybridized carbons (Fsp3) is 0.406. The highest BCUT2D eigenvalue weighted by atomic mass is 35.5. The number of aromatic nitrogens is 2. The molecule has 0 bridgehead atoms. The number of H-pyrrole nitrogens is 1. The van der Waals surface area contributed by atoms with E-state index in [9.17, 15) is 42.8 Å². The Labute approximate surface area is 510 Å². The summed E-state index contributed by atoms with van der Waals surface area (Å²) in [7, 11) is -4.61. The topological polar surface area (TPSA) is 256 Å². The number of carbonyl (C=O) groups excluding carboxylic acids is 5. The van der Waals surface area contributed by atoms with Crippen LogP contribution in [-0.2, 0) is 26.2 Å². The molecule has 5 amide bonds. The third-order valence-electron chi connectivity index (χ3n) is 18.3. The van der Waals surface area contributed by atoms with Crippen LogP contribution in [0, 0.1) is 16.5 Å². The molecule has 4 aliphatic heterocycles. The predicted molar refractivity (Wildman–Crippen MR) is 330 cm³/mol. The van der Waals surface area contributed by atoms with Gasteiger partial charge in [-0.2, -0.15) is 0 Å². The number of nitrogens with zero attached hydrogens (tertiary/aromatic N) is 7. The van der Waals surface area contributed by atoms with E-state index in [2.05, 4.69) is 70.9 Å². The van der Waals surface area contributed by atoms with Crippen LogP contribution in [0.25, 0.3) is 16.6 Å². The molecule has 5 N–H and O–H groups in total. The van der Waals surface area contributed by atoms with Gasteiger partial charge in [-0.05, 0) is 146 Å². The third kappa shape index (κ3) is 13.1. The molecule has 6 aromatic rings. The summed E-state index contributed by atoms with van der Waals surface area (Å²) in [6.45, 7) is 13.0. The largest absolute Gasteiger partial charge is 0.733 e. The van der Waals surface area contributed by atoms with Crippen molar-refractivity contribution in [1.29, 1.82) is 0 Å². The maximum atomic E-state index is 14.2. The van der Waals surface area contributed by atoms with E-state index in [-0.39, 0.29) is 63.2 Å². The number of aromatic amines is 1. The number of allylic oxidation sites excluding steroid dienone is 1. The molecule has 87 heavy (non-hydrogen) atoms. The number of sulfonamides is 1. The number of piperazine rings is 2. The maximum absolute atomic E-state index is 14.2. The first kappa shape index (κ1) is 59.6. The summed E-state index contributed by atoms with van der Waals surface area (Å²) in [5.41, 5.74) is 7.02. The molecule has 0 radical (unpaired) electrons. The van der Waals surface area contributed by atoms with Crippen molar-refractivity contribution in [3.63, 3.8) is 0 Å². The van der Waals surface area contributed by atoms with E-state index in [0.29, 0.717) is 43.6 Å². The van der Waals surface area contributed by atoms with Gasteiger partial charge in [-0.25, -0.2) is 18.1 Å². The summed E-state index contributed by atoms with van der Waals surface area (Å²) < 4.78 is 36.6. The number of amides is 5. The van der Waals surface area contributed by atoms with Crippen LogP contribution in [0.15, 0.2) is 114 Å². The summed E-state index contributed by atoms with van der Waals surface area (Å²) in [4.78, 5) is 82.7. The van der Waals surface area contributed by atoms with Crippen molar-refractivity contribution in [3.8, 4) is 11.5 Å². The Morgan fingerprint density at radius 3 is 2.31 bits per heavy atom. The van der Waals surface area contributed by atoms with Crippen molar-refractivity contribution >= 4 is 84.8 Å². The molecule has 1 unspecified atom stereocenters. The van der Waals surface area contributed by atoms with Crippen LogP contribution in [0.1, 0.15) is 114 Å². The third-order valence-corrected chi connectivity index (χ3v) is 19.9. The Hall–Kier alpha value is -7.70. The molecule has 6 heterocycles. The van der Waals surface area contributed by atoms with E-state index in [1.807, 2.05) is 24.3 Å². The summed E-state index contributed by atoms with van der Waals surface area (Å²) in [5.74, 6) is -2.35. The number of anilines is 3. The quantitative estimate of drug-likeness (QED) is 0.0422. The number of hydrogen-bond donors (Lipinski definition) is 5. The predicted octanol–water partition coefficient (Wildman–Crippen LogP) is 8.80. The first-order valence-corrected chi connectivity index (χ1v) is 31.8. The summed E-state index contributed by atoms with van der Waals surface area (Å²) in [5, 5.41) is 29.6. The zero-order valence-corrected chi connectivity index (χ0v) is 50.3. The van der Waals surface area contributed by atoms with E-state index in [0.717, 1.165) is 123 Å². The number of rotatable bonds is 17. The molecule has 3 saturated heterocycles. The minimum absolute atomic E-state index is 0.0464. The molecule has 2 aromatic heterocycles. The lowest BCUT2D eigenvalue weighted by Gasteiger charge is -2.42. The minimum atomic E-state index is -4.61. The Bertz CT molecular complexity index is 3790. The Kier molecular flexibility index (Phi) is 17.0. The number of carbonyl (C=O) groups is 5. The number of piperidine rings is 1. The van der Waals surface area contributed by atoms with Gasteiger partial charge in [0.25, 0.3) is 27.7 Å². The van der Waals surface area contributed by atoms with Crippen LogP contribution in [0.5, 0.6) is 11.5 Å². The monoisotopic (exact) mass is 1220 g/mol. The van der Waals surface area contributed by atoms with Gasteiger partial charge in [0.1, 0.15) is 23.2 Å². The highest BCUT2D eigenvalue weighted by Crippen LogP contribution is 2.44. The normalized spacial score (nSPS) is 21.5. The lowest BCUT2D eigenvalue weighted by molar-refractivity contribution is -0.136. The van der Waals surface area contributed by atoms with Crippen LogP contribution >= 0.6 is 11.6 Å². The van der Waals surface area contributed by atoms with E-state index in [1.54, 1.807) is 42.6 Å². The van der Waals surface area contributed by atoms with E-state index >= 15 is 0 Å². The smallest absolute Gasteiger partial charge is 0.268 e. The van der Waals surface area contributed by atoms with Gasteiger partial charge in [0, 0.05) is 113 Å². The maximum Gasteiger partial charge on any atom is 0.268 e. The Balaban J connectivity index is 0.647. The van der Waals surface area contributed by atoms with Crippen LogP contribution < -0.4 is 30.2 Å². The summed E-state index contributed by atoms with van der Waals surface area (Å²) in [6.07, 6.45) is 10.3. The van der Waals surface area contributed by atoms with Gasteiger partial charge in [0.2, 0.25) is 11.8 Å². The molecule has 456 valence electrons. The van der Waals surface area contributed by atoms with E-state index < -0.39 is 50.5 Å². The molecule has 12 rings (SSSR count). The van der Waals surface area contributed by atoms with Crippen LogP contribution in [0.2, 0.25) is 5.02 Å². The Morgan fingerprint density at radius 1 is 0.828 bits per heavy atom. The zero-order chi connectivity index (χ0) is 60.7. The highest BCUT2D eigenvalue weighted by Gasteiger charge is 2.45. The first-order valence-electron chi connectivity index (χ1n) is 29.9. The van der Waals surface area contributed by atoms with Gasteiger partial charge in [0.05, 0.1) is 39.2 Å². The molecule has 23 heteroatoms. The van der Waals surface area contributed by atoms with Gasteiger partial charge in [0.15, 0.2) is 0 Å². The number of ether oxygens (including phenoxy) is 1. The average Bonchev–Trinajstić information content (AvgIpc) is 2.03. The standard InChI is InChI=1S/C64H71ClN11O10S/c1-64(2)21-19-44(53(35-64)42-6-8-45(65)9-7-42)39-72-25-29-74(30-26-72)47-12-15-51(57(33-47)86-48-32-43-20-22-66-59(43)68-37-48)60(78)70-87(84,85)49-13-16-54(56(34-49)76(82)83)67-36-40-3-10-46(11-4-40)73-27-23-71(24-28-73)38-41-5-14-50-52(31-41)63(81)75(62(50)80)55-17-18-58(77)69-61(55)79/h5-9,12-16,20,22,31-34,37,40,46,55,67,82H,3-4,10-11,17-19,21,23-30,35-36,38-39H2,1-2H3,(H,66,68)(H,70,78)(H,69,77,79)/q-1. The number of pyridine rings is 1. The fourth-order valence-electron chi connectivity index (χ4n) is 13.3. The minimum Gasteiger partial charge on any atom is -0.733 e. The molecular weight excluding hydrogens is 1150 g/mol. The molecule has 1 atom stereocenters. The number of halogens is 1. The SMILES string of the molecule is CC1(C)CCC(CN2CCN(c3ccc(C(=O)NS(=O)(=O)c4ccc(NCC5CCC(N6CCN(Cc7ccc8c(c7)C(=O)N(C7CCC(=O)NC7=O)C8=O)CC6)CC5)c(N([O-])O)c4)c(Oc4cnc5[nH]ccc5c4)c3)CC2)=C(c2ccc(Cl)cc2)C1. The zero-order valence-electron chi connectivity index (χ0n) is 48.7. The lowest BCUT2D eigenvalue weighted by atomic mass is 9.72. The molecule has 0 spiro atoms.